The topological polar surface area (TPSA) is 84.7 Å². The average molecular weight is 608 g/mol. The van der Waals surface area contributed by atoms with Crippen LogP contribution >= 0.6 is 0 Å². The molecule has 12 heteroatoms. The van der Waals surface area contributed by atoms with Gasteiger partial charge in [-0.15, -0.1) is 0 Å². The van der Waals surface area contributed by atoms with Crippen LogP contribution in [0.3, 0.4) is 0 Å². The van der Waals surface area contributed by atoms with Crippen molar-refractivity contribution < 1.29 is 32.1 Å². The van der Waals surface area contributed by atoms with Gasteiger partial charge in [-0.3, -0.25) is 0 Å². The number of halogens is 4. The Morgan fingerprint density at radius 3 is 2.39 bits per heavy atom. The number of ether oxygens (including phenoxy) is 2. The van der Waals surface area contributed by atoms with E-state index in [4.69, 9.17) is 9.47 Å². The van der Waals surface area contributed by atoms with E-state index in [1.807, 2.05) is 11.0 Å². The molecule has 1 saturated heterocycles. The van der Waals surface area contributed by atoms with E-state index in [2.05, 4.69) is 15.3 Å². The fourth-order valence-corrected chi connectivity index (χ4v) is 5.38. The third-order valence-corrected chi connectivity index (χ3v) is 7.75. The number of benzene rings is 2. The second-order valence-corrected chi connectivity index (χ2v) is 10.5. The first kappa shape index (κ1) is 29.1. The minimum Gasteiger partial charge on any atom is -0.497 e. The van der Waals surface area contributed by atoms with Crippen molar-refractivity contribution in [3.63, 3.8) is 0 Å². The van der Waals surface area contributed by atoms with E-state index < -0.39 is 17.6 Å². The molecule has 5 aromatic rings. The lowest BCUT2D eigenvalue weighted by Gasteiger charge is -2.33. The first-order valence-corrected chi connectivity index (χ1v) is 13.9. The van der Waals surface area contributed by atoms with Crippen molar-refractivity contribution in [2.75, 3.05) is 37.5 Å². The zero-order valence-electron chi connectivity index (χ0n) is 24.0. The number of rotatable bonds is 8. The molecule has 0 saturated carbocycles. The Morgan fingerprint density at radius 2 is 1.73 bits per heavy atom. The summed E-state index contributed by atoms with van der Waals surface area (Å²) in [6.45, 7) is 0.620. The number of anilines is 3. The summed E-state index contributed by atoms with van der Waals surface area (Å²) in [5, 5.41) is 14.8. The van der Waals surface area contributed by atoms with Crippen molar-refractivity contribution in [2.45, 2.75) is 25.3 Å². The highest BCUT2D eigenvalue weighted by Crippen LogP contribution is 2.39. The Hall–Kier alpha value is -5.00. The zero-order chi connectivity index (χ0) is 31.0. The van der Waals surface area contributed by atoms with E-state index in [-0.39, 0.29) is 55.1 Å². The van der Waals surface area contributed by atoms with Gasteiger partial charge in [0.25, 0.3) is 5.92 Å². The van der Waals surface area contributed by atoms with Gasteiger partial charge < -0.3 is 29.4 Å². The number of nitrogens with one attached hydrogen (secondary N) is 1. The molecule has 1 aliphatic heterocycles. The number of fused-ring (bicyclic) bond motifs is 1. The van der Waals surface area contributed by atoms with E-state index in [0.717, 1.165) is 17.7 Å². The molecule has 0 radical (unpaired) electrons. The highest BCUT2D eigenvalue weighted by molar-refractivity contribution is 5.99. The summed E-state index contributed by atoms with van der Waals surface area (Å²) in [6, 6.07) is 13.7. The molecule has 228 valence electrons. The van der Waals surface area contributed by atoms with E-state index in [9.17, 15) is 22.7 Å². The standard InChI is InChI=1S/C32H29F4N5O3/c1-43-21-8-6-19(27(14-21)44-2)17-41-18-26-30(31(41)42)25(15-24(38-26)29-22(33)4-3-5-23(29)34)39-28-9-7-20(16-37-28)40-12-10-32(35,36)11-13-40/h3-9,14-16,18,42H,10-13,17H2,1-2H3,(H,37,39). The Labute approximate surface area is 250 Å². The number of alkyl halides is 2. The summed E-state index contributed by atoms with van der Waals surface area (Å²) in [7, 11) is 3.08. The highest BCUT2D eigenvalue weighted by Gasteiger charge is 2.34. The monoisotopic (exact) mass is 607 g/mol. The normalized spacial score (nSPS) is 14.5. The molecule has 4 heterocycles. The number of nitrogens with zero attached hydrogens (tertiary/aromatic N) is 4. The minimum atomic E-state index is -2.66. The summed E-state index contributed by atoms with van der Waals surface area (Å²) >= 11 is 0. The first-order chi connectivity index (χ1) is 21.2. The molecule has 44 heavy (non-hydrogen) atoms. The SMILES string of the molecule is COc1ccc(Cn2cc3nc(-c4c(F)cccc4F)cc(Nc4ccc(N5CCC(F)(F)CC5)cn4)c3c2O)c(OC)c1. The van der Waals surface area contributed by atoms with Gasteiger partial charge in [-0.25, -0.2) is 27.5 Å². The maximum atomic E-state index is 14.8. The van der Waals surface area contributed by atoms with Gasteiger partial charge in [-0.05, 0) is 42.5 Å². The van der Waals surface area contributed by atoms with Gasteiger partial charge in [0.2, 0.25) is 5.88 Å². The fraction of sp³-hybridized carbons (Fsp3) is 0.250. The van der Waals surface area contributed by atoms with Gasteiger partial charge in [0, 0.05) is 43.8 Å². The quantitative estimate of drug-likeness (QED) is 0.182. The van der Waals surface area contributed by atoms with E-state index in [1.54, 1.807) is 48.3 Å². The van der Waals surface area contributed by atoms with Gasteiger partial charge in [0.1, 0.15) is 29.0 Å². The Morgan fingerprint density at radius 1 is 0.977 bits per heavy atom. The first-order valence-electron chi connectivity index (χ1n) is 13.9. The van der Waals surface area contributed by atoms with Crippen LogP contribution in [0.1, 0.15) is 18.4 Å². The van der Waals surface area contributed by atoms with E-state index in [0.29, 0.717) is 34.1 Å². The fourth-order valence-electron chi connectivity index (χ4n) is 5.38. The molecule has 2 N–H and O–H groups in total. The van der Waals surface area contributed by atoms with Crippen molar-refractivity contribution in [1.82, 2.24) is 14.5 Å². The van der Waals surface area contributed by atoms with Gasteiger partial charge in [0.15, 0.2) is 0 Å². The smallest absolute Gasteiger partial charge is 0.251 e. The van der Waals surface area contributed by atoms with Crippen LogP contribution in [-0.4, -0.2) is 52.9 Å². The summed E-state index contributed by atoms with van der Waals surface area (Å²) in [4.78, 5) is 10.8. The molecule has 0 unspecified atom stereocenters. The predicted molar refractivity (Wildman–Crippen MR) is 159 cm³/mol. The molecule has 1 fully saturated rings. The third-order valence-electron chi connectivity index (χ3n) is 7.75. The second-order valence-electron chi connectivity index (χ2n) is 10.5. The lowest BCUT2D eigenvalue weighted by atomic mass is 10.1. The highest BCUT2D eigenvalue weighted by atomic mass is 19.3. The number of piperidine rings is 1. The van der Waals surface area contributed by atoms with Crippen LogP contribution < -0.4 is 19.7 Å². The molecule has 1 aliphatic rings. The number of aromatic hydroxyl groups is 1. The van der Waals surface area contributed by atoms with Crippen molar-refractivity contribution >= 4 is 28.1 Å². The molecular weight excluding hydrogens is 578 g/mol. The van der Waals surface area contributed by atoms with Gasteiger partial charge in [-0.2, -0.15) is 0 Å². The largest absolute Gasteiger partial charge is 0.497 e. The summed E-state index contributed by atoms with van der Waals surface area (Å²) in [5.74, 6) is -2.86. The van der Waals surface area contributed by atoms with Gasteiger partial charge >= 0.3 is 0 Å². The summed E-state index contributed by atoms with van der Waals surface area (Å²) in [6.07, 6.45) is 2.71. The van der Waals surface area contributed by atoms with Crippen LogP contribution in [0.4, 0.5) is 34.8 Å². The number of methoxy groups -OCH3 is 2. The van der Waals surface area contributed by atoms with Crippen molar-refractivity contribution in [2.24, 2.45) is 0 Å². The molecule has 3 aromatic heterocycles. The van der Waals surface area contributed by atoms with Crippen LogP contribution in [0.2, 0.25) is 0 Å². The zero-order valence-corrected chi connectivity index (χ0v) is 24.0. The Bertz CT molecular complexity index is 1800. The number of aromatic nitrogens is 3. The maximum Gasteiger partial charge on any atom is 0.251 e. The number of hydrogen-bond acceptors (Lipinski definition) is 7. The Balaban J connectivity index is 1.39. The molecule has 0 amide bonds. The maximum absolute atomic E-state index is 14.8. The van der Waals surface area contributed by atoms with Crippen molar-refractivity contribution in [1.29, 1.82) is 0 Å². The molecule has 0 bridgehead atoms. The van der Waals surface area contributed by atoms with Gasteiger partial charge in [0.05, 0.1) is 60.5 Å². The molecular formula is C32H29F4N5O3. The minimum absolute atomic E-state index is 0.0145. The molecule has 0 spiro atoms. The van der Waals surface area contributed by atoms with Crippen molar-refractivity contribution in [3.8, 4) is 28.6 Å². The van der Waals surface area contributed by atoms with E-state index >= 15 is 0 Å². The van der Waals surface area contributed by atoms with Crippen LogP contribution in [0.5, 0.6) is 17.4 Å². The molecule has 2 aromatic carbocycles. The van der Waals surface area contributed by atoms with E-state index in [1.165, 1.54) is 19.2 Å². The summed E-state index contributed by atoms with van der Waals surface area (Å²) in [5.41, 5.74) is 1.73. The molecule has 0 aliphatic carbocycles. The Kier molecular flexibility index (Phi) is 7.66. The molecule has 0 atom stereocenters. The van der Waals surface area contributed by atoms with Crippen LogP contribution in [0.15, 0.2) is 67.0 Å². The van der Waals surface area contributed by atoms with Gasteiger partial charge in [-0.1, -0.05) is 6.07 Å². The van der Waals surface area contributed by atoms with Crippen LogP contribution in [-0.2, 0) is 6.54 Å². The third kappa shape index (κ3) is 5.67. The molecule has 6 rings (SSSR count). The lowest BCUT2D eigenvalue weighted by Crippen LogP contribution is -2.39. The average Bonchev–Trinajstić information content (AvgIpc) is 3.32. The lowest BCUT2D eigenvalue weighted by molar-refractivity contribution is -0.0220. The summed E-state index contributed by atoms with van der Waals surface area (Å²) < 4.78 is 69.3. The van der Waals surface area contributed by atoms with Crippen LogP contribution in [0.25, 0.3) is 22.2 Å². The number of pyridine rings is 2. The van der Waals surface area contributed by atoms with Crippen molar-refractivity contribution in [3.05, 3.63) is 84.2 Å². The second kappa shape index (κ2) is 11.6. The molecule has 8 nitrogen and oxygen atoms in total. The predicted octanol–water partition coefficient (Wildman–Crippen LogP) is 7.13. The number of hydrogen-bond donors (Lipinski definition) is 2. The van der Waals surface area contributed by atoms with Crippen LogP contribution in [0, 0.1) is 11.6 Å².